The normalized spacial score (nSPS) is 25.0. The summed E-state index contributed by atoms with van der Waals surface area (Å²) < 4.78 is 6.50. The summed E-state index contributed by atoms with van der Waals surface area (Å²) in [5, 5.41) is 4.71. The predicted molar refractivity (Wildman–Crippen MR) is 120 cm³/mol. The Morgan fingerprint density at radius 3 is 2.66 bits per heavy atom. The molecule has 1 saturated heterocycles. The highest BCUT2D eigenvalue weighted by atomic mass is 35.5. The van der Waals surface area contributed by atoms with E-state index in [0.29, 0.717) is 20.9 Å². The third kappa shape index (κ3) is 3.14. The molecule has 1 N–H and O–H groups in total. The lowest BCUT2D eigenvalue weighted by molar-refractivity contribution is -0.144. The van der Waals surface area contributed by atoms with E-state index < -0.39 is 17.7 Å². The van der Waals surface area contributed by atoms with Gasteiger partial charge in [-0.3, -0.25) is 9.69 Å². The quantitative estimate of drug-likeness (QED) is 0.681. The Morgan fingerprint density at radius 2 is 2.00 bits per heavy atom. The summed E-state index contributed by atoms with van der Waals surface area (Å²) in [5.74, 6) is -0.141. The topological polar surface area (TPSA) is 44.8 Å². The van der Waals surface area contributed by atoms with E-state index in [1.807, 2.05) is 43.0 Å². The minimum atomic E-state index is -1.08. The first-order valence-electron chi connectivity index (χ1n) is 9.20. The summed E-state index contributed by atoms with van der Waals surface area (Å²) in [6.45, 7) is 3.89. The van der Waals surface area contributed by atoms with Crippen LogP contribution in [-0.2, 0) is 4.79 Å². The average Bonchev–Trinajstić information content (AvgIpc) is 2.62. The fourth-order valence-electron chi connectivity index (χ4n) is 4.21. The Bertz CT molecular complexity index is 1030. The first-order valence-corrected chi connectivity index (χ1v) is 10.4. The number of nitrogens with one attached hydrogen (secondary N) is 1. The second-order valence-electron chi connectivity index (χ2n) is 7.77. The van der Waals surface area contributed by atoms with Crippen LogP contribution in [0.15, 0.2) is 36.4 Å². The van der Waals surface area contributed by atoms with Gasteiger partial charge in [0.05, 0.1) is 11.1 Å². The number of hydrogen-bond donors (Lipinski definition) is 1. The van der Waals surface area contributed by atoms with Crippen LogP contribution in [0.1, 0.15) is 24.1 Å². The Hall–Kier alpha value is -2.02. The summed E-state index contributed by atoms with van der Waals surface area (Å²) in [6, 6.07) is 10.9. The van der Waals surface area contributed by atoms with Crippen molar-refractivity contribution in [2.45, 2.75) is 25.6 Å². The lowest BCUT2D eigenvalue weighted by atomic mass is 9.78. The Morgan fingerprint density at radius 1 is 1.28 bits per heavy atom. The van der Waals surface area contributed by atoms with Gasteiger partial charge in [0.1, 0.15) is 11.7 Å². The monoisotopic (exact) mass is 449 g/mol. The standard InChI is InChI=1S/C21H21Cl2N3O2S/c1-11-6-5-7-13(8-11)26-20(29)24-17-14-9-12(22)10-15(23)18(14)28-21(26,2)16(17)19(27)25(3)4/h5-10,16-17H,1-4H3,(H,24,29)/t16-,17-,21-/m0/s1. The van der Waals surface area contributed by atoms with Crippen LogP contribution in [0.5, 0.6) is 5.75 Å². The molecule has 1 fully saturated rings. The van der Waals surface area contributed by atoms with Crippen LogP contribution < -0.4 is 15.0 Å². The molecule has 5 nitrogen and oxygen atoms in total. The molecule has 1 amide bonds. The largest absolute Gasteiger partial charge is 0.465 e. The van der Waals surface area contributed by atoms with E-state index in [4.69, 9.17) is 40.2 Å². The number of benzene rings is 2. The number of thiocarbonyl (C=S) groups is 1. The number of aryl methyl sites for hydroxylation is 1. The number of hydrogen-bond acceptors (Lipinski definition) is 3. The fraction of sp³-hybridized carbons (Fsp3) is 0.333. The van der Waals surface area contributed by atoms with Crippen LogP contribution in [0.4, 0.5) is 5.69 Å². The van der Waals surface area contributed by atoms with Crippen LogP contribution in [-0.4, -0.2) is 35.7 Å². The molecule has 2 bridgehead atoms. The molecule has 2 aromatic carbocycles. The van der Waals surface area contributed by atoms with Crippen LogP contribution >= 0.6 is 35.4 Å². The van der Waals surface area contributed by atoms with Gasteiger partial charge in [-0.25, -0.2) is 0 Å². The molecule has 0 unspecified atom stereocenters. The lowest BCUT2D eigenvalue weighted by Crippen LogP contribution is -2.72. The number of ether oxygens (including phenoxy) is 1. The maximum Gasteiger partial charge on any atom is 0.233 e. The molecular weight excluding hydrogens is 429 g/mol. The van der Waals surface area contributed by atoms with Crippen molar-refractivity contribution in [3.63, 3.8) is 0 Å². The zero-order chi connectivity index (χ0) is 21.1. The molecule has 0 saturated carbocycles. The van der Waals surface area contributed by atoms with Crippen molar-refractivity contribution in [3.8, 4) is 5.75 Å². The van der Waals surface area contributed by atoms with Crippen LogP contribution in [0, 0.1) is 12.8 Å². The molecule has 3 atom stereocenters. The maximum atomic E-state index is 13.3. The highest BCUT2D eigenvalue weighted by Gasteiger charge is 2.59. The molecular formula is C21H21Cl2N3O2S. The molecule has 4 rings (SSSR count). The van der Waals surface area contributed by atoms with Crippen molar-refractivity contribution in [3.05, 3.63) is 57.6 Å². The van der Waals surface area contributed by atoms with Gasteiger partial charge in [-0.15, -0.1) is 0 Å². The summed E-state index contributed by atoms with van der Waals surface area (Å²) in [5.41, 5.74) is 1.57. The van der Waals surface area contributed by atoms with E-state index in [-0.39, 0.29) is 5.91 Å². The Kier molecular flexibility index (Phi) is 4.92. The van der Waals surface area contributed by atoms with Crippen molar-refractivity contribution in [2.24, 2.45) is 5.92 Å². The molecule has 2 aliphatic heterocycles. The van der Waals surface area contributed by atoms with Gasteiger partial charge in [-0.2, -0.15) is 0 Å². The van der Waals surface area contributed by atoms with E-state index >= 15 is 0 Å². The maximum absolute atomic E-state index is 13.3. The third-order valence-electron chi connectivity index (χ3n) is 5.48. The molecule has 2 heterocycles. The summed E-state index contributed by atoms with van der Waals surface area (Å²) in [7, 11) is 3.47. The molecule has 0 aliphatic carbocycles. The highest BCUT2D eigenvalue weighted by Crippen LogP contribution is 2.52. The van der Waals surface area contributed by atoms with Crippen LogP contribution in [0.3, 0.4) is 0 Å². The summed E-state index contributed by atoms with van der Waals surface area (Å²) >= 11 is 18.5. The van der Waals surface area contributed by atoms with Crippen LogP contribution in [0.2, 0.25) is 10.0 Å². The zero-order valence-electron chi connectivity index (χ0n) is 16.5. The smallest absolute Gasteiger partial charge is 0.233 e. The van der Waals surface area contributed by atoms with Gasteiger partial charge < -0.3 is 15.0 Å². The average molecular weight is 450 g/mol. The van der Waals surface area contributed by atoms with E-state index in [9.17, 15) is 4.79 Å². The first kappa shape index (κ1) is 20.3. The van der Waals surface area contributed by atoms with Crippen LogP contribution in [0.25, 0.3) is 0 Å². The third-order valence-corrected chi connectivity index (χ3v) is 6.28. The second kappa shape index (κ2) is 7.04. The second-order valence-corrected chi connectivity index (χ2v) is 9.00. The number of halogens is 2. The van der Waals surface area contributed by atoms with Crippen molar-refractivity contribution >= 4 is 52.1 Å². The lowest BCUT2D eigenvalue weighted by Gasteiger charge is -2.56. The number of carbonyl (C=O) groups is 1. The Labute approximate surface area is 185 Å². The molecule has 0 spiro atoms. The number of amides is 1. The van der Waals surface area contributed by atoms with E-state index in [1.54, 1.807) is 31.1 Å². The van der Waals surface area contributed by atoms with Gasteiger partial charge in [0, 0.05) is 30.4 Å². The number of rotatable bonds is 2. The van der Waals surface area contributed by atoms with E-state index in [2.05, 4.69) is 5.32 Å². The first-order chi connectivity index (χ1) is 13.6. The number of carbonyl (C=O) groups excluding carboxylic acids is 1. The van der Waals surface area contributed by atoms with Gasteiger partial charge in [-0.1, -0.05) is 35.3 Å². The molecule has 152 valence electrons. The minimum Gasteiger partial charge on any atom is -0.465 e. The summed E-state index contributed by atoms with van der Waals surface area (Å²) in [6.07, 6.45) is 0. The molecule has 0 aromatic heterocycles. The van der Waals surface area contributed by atoms with Crippen molar-refractivity contribution in [1.82, 2.24) is 10.2 Å². The number of anilines is 1. The van der Waals surface area contributed by atoms with Crippen molar-refractivity contribution in [2.75, 3.05) is 19.0 Å². The van der Waals surface area contributed by atoms with Gasteiger partial charge in [0.2, 0.25) is 5.91 Å². The number of fused-ring (bicyclic) bond motifs is 4. The Balaban J connectivity index is 1.96. The summed E-state index contributed by atoms with van der Waals surface area (Å²) in [4.78, 5) is 16.8. The molecule has 2 aromatic rings. The molecule has 29 heavy (non-hydrogen) atoms. The molecule has 8 heteroatoms. The van der Waals surface area contributed by atoms with Gasteiger partial charge in [0.25, 0.3) is 0 Å². The molecule has 2 aliphatic rings. The SMILES string of the molecule is Cc1cccc(N2C(=S)N[C@H]3c4cc(Cl)cc(Cl)c4O[C@@]2(C)[C@@H]3C(=O)N(C)C)c1. The zero-order valence-corrected chi connectivity index (χ0v) is 18.8. The predicted octanol–water partition coefficient (Wildman–Crippen LogP) is 4.55. The van der Waals surface area contributed by atoms with Gasteiger partial charge in [-0.05, 0) is 55.9 Å². The van der Waals surface area contributed by atoms with E-state index in [1.165, 1.54) is 0 Å². The fourth-order valence-corrected chi connectivity index (χ4v) is 5.17. The van der Waals surface area contributed by atoms with E-state index in [0.717, 1.165) is 16.8 Å². The minimum absolute atomic E-state index is 0.0769. The van der Waals surface area contributed by atoms with Gasteiger partial charge >= 0.3 is 0 Å². The number of nitrogens with zero attached hydrogens (tertiary/aromatic N) is 2. The van der Waals surface area contributed by atoms with Crippen molar-refractivity contribution < 1.29 is 9.53 Å². The van der Waals surface area contributed by atoms with Crippen molar-refractivity contribution in [1.29, 1.82) is 0 Å². The highest BCUT2D eigenvalue weighted by molar-refractivity contribution is 7.80. The van der Waals surface area contributed by atoms with Gasteiger partial charge in [0.15, 0.2) is 10.8 Å². The molecule has 0 radical (unpaired) electrons.